The number of rotatable bonds is 5. The van der Waals surface area contributed by atoms with E-state index in [1.807, 2.05) is 4.90 Å². The molecule has 2 aromatic heterocycles. The zero-order chi connectivity index (χ0) is 22.2. The molecule has 1 aromatic carbocycles. The topological polar surface area (TPSA) is 126 Å². The molecular formula is C22H26N6O3. The lowest BCUT2D eigenvalue weighted by atomic mass is 9.97. The zero-order valence-electron chi connectivity index (χ0n) is 17.6. The average molecular weight is 422 g/mol. The van der Waals surface area contributed by atoms with Crippen LogP contribution in [0.25, 0.3) is 5.65 Å². The van der Waals surface area contributed by atoms with E-state index < -0.39 is 5.60 Å². The molecule has 3 aromatic rings. The van der Waals surface area contributed by atoms with E-state index >= 15 is 0 Å². The molecule has 0 aliphatic carbocycles. The van der Waals surface area contributed by atoms with E-state index in [1.54, 1.807) is 61.0 Å². The van der Waals surface area contributed by atoms with Gasteiger partial charge in [-0.25, -0.2) is 4.98 Å². The highest BCUT2D eigenvalue weighted by atomic mass is 16.3. The van der Waals surface area contributed by atoms with Gasteiger partial charge in [0.05, 0.1) is 17.7 Å². The summed E-state index contributed by atoms with van der Waals surface area (Å²) < 4.78 is 1.69. The van der Waals surface area contributed by atoms with Gasteiger partial charge in [0, 0.05) is 30.8 Å². The molecule has 0 saturated carbocycles. The summed E-state index contributed by atoms with van der Waals surface area (Å²) >= 11 is 0. The van der Waals surface area contributed by atoms with Gasteiger partial charge in [-0.1, -0.05) is 12.1 Å². The first-order valence-corrected chi connectivity index (χ1v) is 10.3. The molecule has 1 atom stereocenters. The van der Waals surface area contributed by atoms with Crippen LogP contribution in [0.4, 0.5) is 11.6 Å². The predicted molar refractivity (Wildman–Crippen MR) is 117 cm³/mol. The normalized spacial score (nSPS) is 17.0. The molecular weight excluding hydrogens is 396 g/mol. The van der Waals surface area contributed by atoms with Crippen molar-refractivity contribution in [2.24, 2.45) is 11.7 Å². The van der Waals surface area contributed by atoms with Gasteiger partial charge in [-0.2, -0.15) is 9.61 Å². The van der Waals surface area contributed by atoms with E-state index in [4.69, 9.17) is 5.73 Å². The van der Waals surface area contributed by atoms with Gasteiger partial charge in [0.2, 0.25) is 5.91 Å². The van der Waals surface area contributed by atoms with Crippen molar-refractivity contribution in [3.63, 3.8) is 0 Å². The smallest absolute Gasteiger partial charge is 0.256 e. The van der Waals surface area contributed by atoms with Crippen LogP contribution in [0.2, 0.25) is 0 Å². The van der Waals surface area contributed by atoms with Gasteiger partial charge < -0.3 is 21.1 Å². The molecule has 31 heavy (non-hydrogen) atoms. The summed E-state index contributed by atoms with van der Waals surface area (Å²) in [6, 6.07) is 10.3. The quantitative estimate of drug-likeness (QED) is 0.577. The molecule has 0 spiro atoms. The molecule has 0 unspecified atom stereocenters. The van der Waals surface area contributed by atoms with Crippen molar-refractivity contribution in [1.29, 1.82) is 0 Å². The Labute approximate surface area is 179 Å². The van der Waals surface area contributed by atoms with Crippen LogP contribution in [0.15, 0.2) is 42.6 Å². The molecule has 4 rings (SSSR count). The maximum absolute atomic E-state index is 12.8. The molecule has 1 aliphatic rings. The lowest BCUT2D eigenvalue weighted by molar-refractivity contribution is -0.122. The Morgan fingerprint density at radius 1 is 1.23 bits per heavy atom. The van der Waals surface area contributed by atoms with Crippen molar-refractivity contribution in [3.8, 4) is 0 Å². The first kappa shape index (κ1) is 20.8. The summed E-state index contributed by atoms with van der Waals surface area (Å²) in [7, 11) is 0. The number of nitrogens with zero attached hydrogens (tertiary/aromatic N) is 4. The highest BCUT2D eigenvalue weighted by Gasteiger charge is 2.26. The number of carbonyl (C=O) groups is 2. The van der Waals surface area contributed by atoms with E-state index in [2.05, 4.69) is 15.4 Å². The van der Waals surface area contributed by atoms with E-state index in [0.717, 1.165) is 30.8 Å². The molecule has 9 heteroatoms. The third kappa shape index (κ3) is 4.36. The minimum absolute atomic E-state index is 0.222. The Morgan fingerprint density at radius 3 is 2.65 bits per heavy atom. The Bertz CT molecular complexity index is 1120. The fraction of sp³-hybridized carbons (Fsp3) is 0.364. The highest BCUT2D eigenvalue weighted by Crippen LogP contribution is 2.26. The monoisotopic (exact) mass is 422 g/mol. The number of amides is 2. The van der Waals surface area contributed by atoms with Crippen molar-refractivity contribution in [1.82, 2.24) is 14.6 Å². The fourth-order valence-corrected chi connectivity index (χ4v) is 3.82. The number of carbonyl (C=O) groups excluding carboxylic acids is 2. The minimum atomic E-state index is -0.976. The predicted octanol–water partition coefficient (Wildman–Crippen LogP) is 1.91. The van der Waals surface area contributed by atoms with Gasteiger partial charge >= 0.3 is 0 Å². The Kier molecular flexibility index (Phi) is 5.36. The maximum Gasteiger partial charge on any atom is 0.256 e. The van der Waals surface area contributed by atoms with Crippen molar-refractivity contribution >= 4 is 29.1 Å². The first-order chi connectivity index (χ1) is 14.7. The molecule has 0 radical (unpaired) electrons. The summed E-state index contributed by atoms with van der Waals surface area (Å²) in [5.41, 5.74) is 6.31. The van der Waals surface area contributed by atoms with Gasteiger partial charge in [0.15, 0.2) is 5.65 Å². The summed E-state index contributed by atoms with van der Waals surface area (Å²) in [6.07, 6.45) is 3.25. The van der Waals surface area contributed by atoms with Crippen molar-refractivity contribution in [3.05, 3.63) is 53.7 Å². The molecule has 1 fully saturated rings. The number of nitrogens with two attached hydrogens (primary N) is 1. The number of hydrogen-bond donors (Lipinski definition) is 3. The average Bonchev–Trinajstić information content (AvgIpc) is 3.21. The summed E-state index contributed by atoms with van der Waals surface area (Å²) in [4.78, 5) is 31.0. The first-order valence-electron chi connectivity index (χ1n) is 10.3. The van der Waals surface area contributed by atoms with Crippen molar-refractivity contribution < 1.29 is 14.7 Å². The number of fused-ring (bicyclic) bond motifs is 1. The molecule has 3 heterocycles. The third-order valence-corrected chi connectivity index (χ3v) is 5.58. The second kappa shape index (κ2) is 7.99. The van der Waals surface area contributed by atoms with Crippen LogP contribution in [0.1, 0.15) is 42.6 Å². The van der Waals surface area contributed by atoms with Crippen LogP contribution in [0.3, 0.4) is 0 Å². The number of aromatic nitrogens is 3. The molecule has 9 nitrogen and oxygen atoms in total. The minimum Gasteiger partial charge on any atom is -0.386 e. The largest absolute Gasteiger partial charge is 0.386 e. The van der Waals surface area contributed by atoms with Crippen LogP contribution in [0, 0.1) is 5.92 Å². The van der Waals surface area contributed by atoms with Crippen LogP contribution in [0.5, 0.6) is 0 Å². The molecule has 4 N–H and O–H groups in total. The lowest BCUT2D eigenvalue weighted by Gasteiger charge is -2.33. The van der Waals surface area contributed by atoms with E-state index in [-0.39, 0.29) is 17.7 Å². The number of nitrogens with one attached hydrogen (secondary N) is 1. The lowest BCUT2D eigenvalue weighted by Crippen LogP contribution is -2.42. The van der Waals surface area contributed by atoms with Crippen LogP contribution >= 0.6 is 0 Å². The van der Waals surface area contributed by atoms with E-state index in [9.17, 15) is 14.7 Å². The number of anilines is 2. The molecule has 162 valence electrons. The number of hydrogen-bond acceptors (Lipinski definition) is 6. The molecule has 1 saturated heterocycles. The Morgan fingerprint density at radius 2 is 1.97 bits per heavy atom. The van der Waals surface area contributed by atoms with Gasteiger partial charge in [-0.15, -0.1) is 0 Å². The standard InChI is InChI=1S/C22H26N6O3/c1-22(2,31)16-7-5-14(6-8-16)21(30)26-17-12-19(28-18(25-17)9-10-24-28)27-11-3-4-15(13-27)20(23)29/h5-10,12,15,31H,3-4,11,13H2,1-2H3,(H2,23,29)(H,25,26,30)/t15-/m1/s1. The van der Waals surface area contributed by atoms with Crippen molar-refractivity contribution in [2.75, 3.05) is 23.3 Å². The van der Waals surface area contributed by atoms with Crippen LogP contribution in [-0.2, 0) is 10.4 Å². The second-order valence-corrected chi connectivity index (χ2v) is 8.38. The van der Waals surface area contributed by atoms with Gasteiger partial charge in [0.25, 0.3) is 5.91 Å². The Hall–Kier alpha value is -3.46. The van der Waals surface area contributed by atoms with E-state index in [0.29, 0.717) is 23.6 Å². The molecule has 1 aliphatic heterocycles. The van der Waals surface area contributed by atoms with Gasteiger partial charge in [-0.05, 0) is 44.4 Å². The number of benzene rings is 1. The second-order valence-electron chi connectivity index (χ2n) is 8.38. The summed E-state index contributed by atoms with van der Waals surface area (Å²) in [5.74, 6) is 0.297. The number of piperidine rings is 1. The van der Waals surface area contributed by atoms with E-state index in [1.165, 1.54) is 0 Å². The van der Waals surface area contributed by atoms with Gasteiger partial charge in [-0.3, -0.25) is 9.59 Å². The van der Waals surface area contributed by atoms with Gasteiger partial charge in [0.1, 0.15) is 11.6 Å². The molecule has 0 bridgehead atoms. The maximum atomic E-state index is 12.8. The highest BCUT2D eigenvalue weighted by molar-refractivity contribution is 6.04. The fourth-order valence-electron chi connectivity index (χ4n) is 3.82. The third-order valence-electron chi connectivity index (χ3n) is 5.58. The number of aliphatic hydroxyl groups is 1. The number of primary amides is 1. The summed E-state index contributed by atoms with van der Waals surface area (Å²) in [5, 5.41) is 17.3. The van der Waals surface area contributed by atoms with Crippen molar-refractivity contribution in [2.45, 2.75) is 32.3 Å². The van der Waals surface area contributed by atoms with Crippen LogP contribution in [-0.4, -0.2) is 44.6 Å². The Balaban J connectivity index is 1.60. The molecule has 2 amide bonds. The summed E-state index contributed by atoms with van der Waals surface area (Å²) in [6.45, 7) is 4.64. The zero-order valence-corrected chi connectivity index (χ0v) is 17.6. The van der Waals surface area contributed by atoms with Crippen LogP contribution < -0.4 is 16.0 Å². The SMILES string of the molecule is CC(C)(O)c1ccc(C(=O)Nc2cc(N3CCC[C@@H](C(N)=O)C3)n3nccc3n2)cc1.